The molecule has 3 heterocycles. The molecular weight excluding hydrogens is 409 g/mol. The summed E-state index contributed by atoms with van der Waals surface area (Å²) in [5.41, 5.74) is 1.45. The zero-order valence-corrected chi connectivity index (χ0v) is 17.6. The number of nitrogens with zero attached hydrogens (tertiary/aromatic N) is 2. The van der Waals surface area contributed by atoms with Crippen molar-refractivity contribution in [3.8, 4) is 22.1 Å². The van der Waals surface area contributed by atoms with E-state index in [0.29, 0.717) is 25.5 Å². The van der Waals surface area contributed by atoms with Gasteiger partial charge in [0, 0.05) is 36.1 Å². The van der Waals surface area contributed by atoms with Crippen LogP contribution in [-0.2, 0) is 0 Å². The van der Waals surface area contributed by atoms with Crippen LogP contribution in [0.1, 0.15) is 24.3 Å². The maximum Gasteiger partial charge on any atom is 0.273 e. The van der Waals surface area contributed by atoms with Crippen LogP contribution < -0.4 is 14.8 Å². The van der Waals surface area contributed by atoms with Gasteiger partial charge in [0.2, 0.25) is 0 Å². The minimum Gasteiger partial charge on any atom is -0.486 e. The van der Waals surface area contributed by atoms with Crippen molar-refractivity contribution >= 4 is 42.1 Å². The zero-order valence-electron chi connectivity index (χ0n) is 15.1. The van der Waals surface area contributed by atoms with E-state index in [1.165, 1.54) is 11.3 Å². The highest BCUT2D eigenvalue weighted by Crippen LogP contribution is 2.35. The van der Waals surface area contributed by atoms with Gasteiger partial charge in [-0.2, -0.15) is 0 Å². The fraction of sp³-hybridized carbons (Fsp3) is 0.444. The van der Waals surface area contributed by atoms with E-state index in [9.17, 15) is 4.79 Å². The molecule has 2 aromatic rings. The molecule has 4 rings (SSSR count). The lowest BCUT2D eigenvalue weighted by molar-refractivity contribution is 0.0598. The average Bonchev–Trinajstić information content (AvgIpc) is 3.13. The van der Waals surface area contributed by atoms with Crippen LogP contribution in [0, 0.1) is 0 Å². The third-order valence-corrected chi connectivity index (χ3v) is 5.70. The van der Waals surface area contributed by atoms with Gasteiger partial charge < -0.3 is 19.7 Å². The second-order valence-electron chi connectivity index (χ2n) is 6.38. The van der Waals surface area contributed by atoms with Crippen LogP contribution >= 0.6 is 36.2 Å². The van der Waals surface area contributed by atoms with Crippen LogP contribution in [0.2, 0.25) is 0 Å². The molecule has 0 saturated carbocycles. The lowest BCUT2D eigenvalue weighted by Gasteiger charge is -2.38. The Labute approximate surface area is 175 Å². The number of hydrogen-bond acceptors (Lipinski definition) is 6. The van der Waals surface area contributed by atoms with Crippen LogP contribution in [0.4, 0.5) is 0 Å². The van der Waals surface area contributed by atoms with Crippen molar-refractivity contribution in [1.82, 2.24) is 15.2 Å². The normalized spacial score (nSPS) is 21.0. The Balaban J connectivity index is 0.00000131. The number of aromatic nitrogens is 1. The van der Waals surface area contributed by atoms with Crippen molar-refractivity contribution in [3.05, 3.63) is 29.3 Å². The van der Waals surface area contributed by atoms with Crippen molar-refractivity contribution in [2.75, 3.05) is 26.3 Å². The van der Waals surface area contributed by atoms with E-state index in [2.05, 4.69) is 24.1 Å². The summed E-state index contributed by atoms with van der Waals surface area (Å²) in [7, 11) is 0. The zero-order chi connectivity index (χ0) is 17.4. The van der Waals surface area contributed by atoms with Crippen molar-refractivity contribution in [1.29, 1.82) is 0 Å². The van der Waals surface area contributed by atoms with Crippen molar-refractivity contribution in [2.24, 2.45) is 0 Å². The highest BCUT2D eigenvalue weighted by atomic mass is 35.5. The van der Waals surface area contributed by atoms with Gasteiger partial charge in [-0.25, -0.2) is 4.98 Å². The summed E-state index contributed by atoms with van der Waals surface area (Å²) in [5.74, 6) is 1.49. The Bertz CT molecular complexity index is 802. The molecule has 6 nitrogen and oxygen atoms in total. The Kier molecular flexibility index (Phi) is 7.33. The smallest absolute Gasteiger partial charge is 0.273 e. The van der Waals surface area contributed by atoms with E-state index in [1.54, 1.807) is 0 Å². The first-order chi connectivity index (χ1) is 12.1. The standard InChI is InChI=1S/C18H21N3O3S.2ClH/c1-11-12(2)21(6-5-19-11)18(22)14-10-25-17(20-14)13-3-4-15-16(9-13)24-8-7-23-15;;/h3-4,9-12,19H,5-8H2,1-2H3;2*1H. The van der Waals surface area contributed by atoms with Gasteiger partial charge in [-0.05, 0) is 32.0 Å². The fourth-order valence-corrected chi connectivity index (χ4v) is 3.96. The maximum atomic E-state index is 12.8. The summed E-state index contributed by atoms with van der Waals surface area (Å²) in [6.07, 6.45) is 0. The van der Waals surface area contributed by atoms with E-state index in [-0.39, 0.29) is 42.8 Å². The van der Waals surface area contributed by atoms with E-state index in [1.807, 2.05) is 28.5 Å². The van der Waals surface area contributed by atoms with Crippen LogP contribution in [0.15, 0.2) is 23.6 Å². The summed E-state index contributed by atoms with van der Waals surface area (Å²) in [6.45, 7) is 6.83. The summed E-state index contributed by atoms with van der Waals surface area (Å²) in [6, 6.07) is 6.22. The number of fused-ring (bicyclic) bond motifs is 1. The third-order valence-electron chi connectivity index (χ3n) is 4.81. The molecule has 0 spiro atoms. The molecule has 1 N–H and O–H groups in total. The van der Waals surface area contributed by atoms with Crippen LogP contribution in [0.3, 0.4) is 0 Å². The summed E-state index contributed by atoms with van der Waals surface area (Å²) >= 11 is 1.48. The Hall–Kier alpha value is -1.54. The molecule has 148 valence electrons. The third kappa shape index (κ3) is 4.32. The molecular formula is C18H23Cl2N3O3S. The van der Waals surface area contributed by atoms with Crippen molar-refractivity contribution in [3.63, 3.8) is 0 Å². The molecule has 1 aromatic heterocycles. The van der Waals surface area contributed by atoms with Gasteiger partial charge in [0.1, 0.15) is 23.9 Å². The molecule has 2 aliphatic heterocycles. The lowest BCUT2D eigenvalue weighted by atomic mass is 10.1. The molecule has 27 heavy (non-hydrogen) atoms. The first-order valence-corrected chi connectivity index (χ1v) is 9.41. The van der Waals surface area contributed by atoms with E-state index < -0.39 is 0 Å². The monoisotopic (exact) mass is 431 g/mol. The second kappa shape index (κ2) is 9.10. The number of piperazine rings is 1. The number of carbonyl (C=O) groups excluding carboxylic acids is 1. The lowest BCUT2D eigenvalue weighted by Crippen LogP contribution is -2.57. The molecule has 2 unspecified atom stereocenters. The topological polar surface area (TPSA) is 63.7 Å². The molecule has 1 amide bonds. The highest BCUT2D eigenvalue weighted by molar-refractivity contribution is 7.13. The quantitative estimate of drug-likeness (QED) is 0.790. The minimum atomic E-state index is 0. The molecule has 2 aliphatic rings. The molecule has 2 atom stereocenters. The number of benzene rings is 1. The average molecular weight is 432 g/mol. The summed E-state index contributed by atoms with van der Waals surface area (Å²) < 4.78 is 11.2. The molecule has 0 aliphatic carbocycles. The van der Waals surface area contributed by atoms with Gasteiger partial charge in [0.15, 0.2) is 11.5 Å². The van der Waals surface area contributed by atoms with Crippen LogP contribution in [-0.4, -0.2) is 54.2 Å². The SMILES string of the molecule is CC1NCCN(C(=O)c2csc(-c3ccc4c(c3)OCCO4)n2)C1C.Cl.Cl. The van der Waals surface area contributed by atoms with Gasteiger partial charge in [0.05, 0.1) is 0 Å². The largest absolute Gasteiger partial charge is 0.486 e. The summed E-state index contributed by atoms with van der Waals surface area (Å²) in [5, 5.41) is 6.05. The van der Waals surface area contributed by atoms with Crippen molar-refractivity contribution in [2.45, 2.75) is 25.9 Å². The molecule has 9 heteroatoms. The van der Waals surface area contributed by atoms with Gasteiger partial charge in [-0.1, -0.05) is 0 Å². The van der Waals surface area contributed by atoms with Crippen LogP contribution in [0.25, 0.3) is 10.6 Å². The number of carbonyl (C=O) groups is 1. The number of halogens is 2. The first kappa shape index (κ1) is 21.8. The van der Waals surface area contributed by atoms with Gasteiger partial charge in [-0.15, -0.1) is 36.2 Å². The maximum absolute atomic E-state index is 12.8. The van der Waals surface area contributed by atoms with Crippen LogP contribution in [0.5, 0.6) is 11.5 Å². The number of amides is 1. The van der Waals surface area contributed by atoms with Gasteiger partial charge in [-0.3, -0.25) is 4.79 Å². The van der Waals surface area contributed by atoms with E-state index in [0.717, 1.165) is 28.6 Å². The van der Waals surface area contributed by atoms with E-state index in [4.69, 9.17) is 9.47 Å². The number of thiazole rings is 1. The molecule has 1 fully saturated rings. The molecule has 0 radical (unpaired) electrons. The highest BCUT2D eigenvalue weighted by Gasteiger charge is 2.30. The number of rotatable bonds is 2. The predicted molar refractivity (Wildman–Crippen MR) is 111 cm³/mol. The van der Waals surface area contributed by atoms with E-state index >= 15 is 0 Å². The number of hydrogen-bond donors (Lipinski definition) is 1. The van der Waals surface area contributed by atoms with Gasteiger partial charge >= 0.3 is 0 Å². The Morgan fingerprint density at radius 3 is 2.74 bits per heavy atom. The molecule has 0 bridgehead atoms. The van der Waals surface area contributed by atoms with Crippen molar-refractivity contribution < 1.29 is 14.3 Å². The number of nitrogens with one attached hydrogen (secondary N) is 1. The Morgan fingerprint density at radius 2 is 1.96 bits per heavy atom. The Morgan fingerprint density at radius 1 is 1.22 bits per heavy atom. The minimum absolute atomic E-state index is 0. The molecule has 1 aromatic carbocycles. The molecule has 1 saturated heterocycles. The fourth-order valence-electron chi connectivity index (χ4n) is 3.17. The summed E-state index contributed by atoms with van der Waals surface area (Å²) in [4.78, 5) is 19.3. The first-order valence-electron chi connectivity index (χ1n) is 8.53. The van der Waals surface area contributed by atoms with Gasteiger partial charge in [0.25, 0.3) is 5.91 Å². The predicted octanol–water partition coefficient (Wildman–Crippen LogP) is 3.25. The second-order valence-corrected chi connectivity index (χ2v) is 7.24. The number of ether oxygens (including phenoxy) is 2.